The summed E-state index contributed by atoms with van der Waals surface area (Å²) >= 11 is 1.17. The number of nitrogens with zero attached hydrogens (tertiary/aromatic N) is 2. The Morgan fingerprint density at radius 3 is 2.74 bits per heavy atom. The Morgan fingerprint density at radius 2 is 2.11 bits per heavy atom. The molecular weight excluding hydrogens is 269 g/mol. The quantitative estimate of drug-likeness (QED) is 0.848. The lowest BCUT2D eigenvalue weighted by molar-refractivity contribution is -0.118. The summed E-state index contributed by atoms with van der Waals surface area (Å²) in [5, 5.41) is 10.5. The van der Waals surface area contributed by atoms with E-state index in [9.17, 15) is 9.18 Å². The second-order valence-electron chi connectivity index (χ2n) is 3.78. The van der Waals surface area contributed by atoms with Gasteiger partial charge in [0, 0.05) is 13.5 Å². The fraction of sp³-hybridized carbons (Fsp3) is 0.250. The molecule has 1 aromatic heterocycles. The molecule has 1 heterocycles. The first kappa shape index (κ1) is 13.5. The standard InChI is InChI=1S/C12H12FN3O2S/c1-8-15-16-12(18-8)19-7-11(17)14-6-9-2-4-10(13)5-3-9/h2-5H,6-7H2,1H3,(H,14,17). The van der Waals surface area contributed by atoms with Gasteiger partial charge in [0.05, 0.1) is 5.75 Å². The molecule has 0 fully saturated rings. The van der Waals surface area contributed by atoms with Crippen molar-refractivity contribution in [3.63, 3.8) is 0 Å². The lowest BCUT2D eigenvalue weighted by Gasteiger charge is -2.04. The topological polar surface area (TPSA) is 68.0 Å². The minimum absolute atomic E-state index is 0.148. The van der Waals surface area contributed by atoms with Crippen molar-refractivity contribution in [1.29, 1.82) is 0 Å². The van der Waals surface area contributed by atoms with E-state index in [0.29, 0.717) is 17.7 Å². The van der Waals surface area contributed by atoms with Crippen molar-refractivity contribution < 1.29 is 13.6 Å². The second-order valence-corrected chi connectivity index (χ2v) is 4.71. The van der Waals surface area contributed by atoms with Crippen molar-refractivity contribution in [3.8, 4) is 0 Å². The van der Waals surface area contributed by atoms with E-state index in [1.165, 1.54) is 23.9 Å². The number of aromatic nitrogens is 2. The van der Waals surface area contributed by atoms with E-state index >= 15 is 0 Å². The molecule has 0 unspecified atom stereocenters. The van der Waals surface area contributed by atoms with Crippen LogP contribution in [-0.4, -0.2) is 21.9 Å². The van der Waals surface area contributed by atoms with Gasteiger partial charge in [0.1, 0.15) is 5.82 Å². The third-order valence-corrected chi connectivity index (χ3v) is 3.06. The maximum Gasteiger partial charge on any atom is 0.277 e. The van der Waals surface area contributed by atoms with Crippen LogP contribution in [0.4, 0.5) is 4.39 Å². The van der Waals surface area contributed by atoms with E-state index in [-0.39, 0.29) is 17.5 Å². The maximum atomic E-state index is 12.7. The summed E-state index contributed by atoms with van der Waals surface area (Å²) in [6.45, 7) is 2.05. The Bertz CT molecular complexity index is 556. The SMILES string of the molecule is Cc1nnc(SCC(=O)NCc2ccc(F)cc2)o1. The van der Waals surface area contributed by atoms with E-state index < -0.39 is 0 Å². The monoisotopic (exact) mass is 281 g/mol. The zero-order chi connectivity index (χ0) is 13.7. The first-order valence-corrected chi connectivity index (χ1v) is 6.56. The molecule has 0 aliphatic rings. The van der Waals surface area contributed by atoms with Crippen LogP contribution in [0.5, 0.6) is 0 Å². The van der Waals surface area contributed by atoms with Gasteiger partial charge in [-0.05, 0) is 17.7 Å². The number of amides is 1. The summed E-state index contributed by atoms with van der Waals surface area (Å²) in [6.07, 6.45) is 0. The molecule has 19 heavy (non-hydrogen) atoms. The van der Waals surface area contributed by atoms with Crippen LogP contribution < -0.4 is 5.32 Å². The number of carbonyl (C=O) groups excluding carboxylic acids is 1. The van der Waals surface area contributed by atoms with E-state index in [4.69, 9.17) is 4.42 Å². The van der Waals surface area contributed by atoms with Gasteiger partial charge in [-0.2, -0.15) is 0 Å². The molecule has 0 saturated heterocycles. The molecule has 0 atom stereocenters. The molecule has 0 aliphatic heterocycles. The highest BCUT2D eigenvalue weighted by atomic mass is 32.2. The number of aryl methyl sites for hydroxylation is 1. The number of thioether (sulfide) groups is 1. The van der Waals surface area contributed by atoms with Gasteiger partial charge in [-0.15, -0.1) is 10.2 Å². The average molecular weight is 281 g/mol. The van der Waals surface area contributed by atoms with Crippen LogP contribution in [0.3, 0.4) is 0 Å². The molecule has 2 aromatic rings. The Kier molecular flexibility index (Phi) is 4.51. The smallest absolute Gasteiger partial charge is 0.277 e. The summed E-state index contributed by atoms with van der Waals surface area (Å²) in [5.41, 5.74) is 0.841. The number of benzene rings is 1. The normalized spacial score (nSPS) is 10.4. The molecule has 0 saturated carbocycles. The van der Waals surface area contributed by atoms with Crippen molar-refractivity contribution in [2.24, 2.45) is 0 Å². The summed E-state index contributed by atoms with van der Waals surface area (Å²) in [6, 6.07) is 5.98. The fourth-order valence-corrected chi connectivity index (χ4v) is 1.95. The molecule has 7 heteroatoms. The third kappa shape index (κ3) is 4.36. The van der Waals surface area contributed by atoms with Crippen LogP contribution in [0.15, 0.2) is 33.9 Å². The van der Waals surface area contributed by atoms with Gasteiger partial charge in [-0.3, -0.25) is 4.79 Å². The van der Waals surface area contributed by atoms with Crippen molar-refractivity contribution >= 4 is 17.7 Å². The average Bonchev–Trinajstić information content (AvgIpc) is 2.81. The lowest BCUT2D eigenvalue weighted by atomic mass is 10.2. The van der Waals surface area contributed by atoms with Crippen molar-refractivity contribution in [2.45, 2.75) is 18.7 Å². The summed E-state index contributed by atoms with van der Waals surface area (Å²) in [4.78, 5) is 11.6. The highest BCUT2D eigenvalue weighted by Gasteiger charge is 2.07. The lowest BCUT2D eigenvalue weighted by Crippen LogP contribution is -2.24. The summed E-state index contributed by atoms with van der Waals surface area (Å²) in [5.74, 6) is 0.222. The van der Waals surface area contributed by atoms with Gasteiger partial charge < -0.3 is 9.73 Å². The van der Waals surface area contributed by atoms with Crippen molar-refractivity contribution in [1.82, 2.24) is 15.5 Å². The summed E-state index contributed by atoms with van der Waals surface area (Å²) < 4.78 is 17.8. The van der Waals surface area contributed by atoms with Gasteiger partial charge in [-0.25, -0.2) is 4.39 Å². The van der Waals surface area contributed by atoms with E-state index in [1.54, 1.807) is 19.1 Å². The largest absolute Gasteiger partial charge is 0.416 e. The van der Waals surface area contributed by atoms with Crippen LogP contribution in [0, 0.1) is 12.7 Å². The molecule has 0 aliphatic carbocycles. The Balaban J connectivity index is 1.74. The van der Waals surface area contributed by atoms with E-state index in [1.807, 2.05) is 0 Å². The zero-order valence-corrected chi connectivity index (χ0v) is 11.0. The predicted molar refractivity (Wildman–Crippen MR) is 68.0 cm³/mol. The second kappa shape index (κ2) is 6.33. The van der Waals surface area contributed by atoms with Gasteiger partial charge >= 0.3 is 0 Å². The van der Waals surface area contributed by atoms with Crippen LogP contribution in [0.25, 0.3) is 0 Å². The summed E-state index contributed by atoms with van der Waals surface area (Å²) in [7, 11) is 0. The third-order valence-electron chi connectivity index (χ3n) is 2.24. The molecule has 1 amide bonds. The molecular formula is C12H12FN3O2S. The van der Waals surface area contributed by atoms with Crippen LogP contribution in [-0.2, 0) is 11.3 Å². The highest BCUT2D eigenvalue weighted by molar-refractivity contribution is 7.99. The fourth-order valence-electron chi connectivity index (χ4n) is 1.32. The molecule has 100 valence electrons. The van der Waals surface area contributed by atoms with Crippen LogP contribution in [0.2, 0.25) is 0 Å². The molecule has 5 nitrogen and oxygen atoms in total. The number of halogens is 1. The Labute approximate surface area is 113 Å². The highest BCUT2D eigenvalue weighted by Crippen LogP contribution is 2.14. The number of carbonyl (C=O) groups is 1. The molecule has 0 radical (unpaired) electrons. The molecule has 1 aromatic carbocycles. The minimum Gasteiger partial charge on any atom is -0.416 e. The maximum absolute atomic E-state index is 12.7. The van der Waals surface area contributed by atoms with E-state index in [2.05, 4.69) is 15.5 Å². The first-order chi connectivity index (χ1) is 9.13. The number of hydrogen-bond acceptors (Lipinski definition) is 5. The Morgan fingerprint density at radius 1 is 1.37 bits per heavy atom. The van der Waals surface area contributed by atoms with Crippen molar-refractivity contribution in [2.75, 3.05) is 5.75 Å². The minimum atomic E-state index is -0.294. The van der Waals surface area contributed by atoms with Gasteiger partial charge in [0.25, 0.3) is 5.22 Å². The van der Waals surface area contributed by atoms with Gasteiger partial charge in [-0.1, -0.05) is 23.9 Å². The number of nitrogens with one attached hydrogen (secondary N) is 1. The first-order valence-electron chi connectivity index (χ1n) is 5.57. The predicted octanol–water partition coefficient (Wildman–Crippen LogP) is 1.93. The van der Waals surface area contributed by atoms with Gasteiger partial charge in [0.15, 0.2) is 0 Å². The molecule has 1 N–H and O–H groups in total. The number of rotatable bonds is 5. The van der Waals surface area contributed by atoms with Crippen LogP contribution >= 0.6 is 11.8 Å². The zero-order valence-electron chi connectivity index (χ0n) is 10.2. The molecule has 2 rings (SSSR count). The number of hydrogen-bond donors (Lipinski definition) is 1. The molecule has 0 spiro atoms. The van der Waals surface area contributed by atoms with Gasteiger partial charge in [0.2, 0.25) is 11.8 Å². The Hall–Kier alpha value is -1.89. The van der Waals surface area contributed by atoms with Crippen molar-refractivity contribution in [3.05, 3.63) is 41.5 Å². The molecule has 0 bridgehead atoms. The van der Waals surface area contributed by atoms with Crippen LogP contribution in [0.1, 0.15) is 11.5 Å². The van der Waals surface area contributed by atoms with E-state index in [0.717, 1.165) is 5.56 Å².